The minimum atomic E-state index is -0.942. The van der Waals surface area contributed by atoms with Crippen LogP contribution in [0.2, 0.25) is 0 Å². The highest BCUT2D eigenvalue weighted by molar-refractivity contribution is 9.10. The fraction of sp³-hybridized carbons (Fsp3) is 0.120. The van der Waals surface area contributed by atoms with Crippen LogP contribution in [0.4, 0.5) is 4.39 Å². The predicted octanol–water partition coefficient (Wildman–Crippen LogP) is 6.66. The van der Waals surface area contributed by atoms with E-state index < -0.39 is 5.97 Å². The van der Waals surface area contributed by atoms with Crippen LogP contribution in [0.1, 0.15) is 27.9 Å². The molecule has 0 radical (unpaired) electrons. The first-order valence-electron chi connectivity index (χ1n) is 9.76. The topological polar surface area (TPSA) is 50.2 Å². The van der Waals surface area contributed by atoms with Crippen molar-refractivity contribution in [2.45, 2.75) is 19.3 Å². The smallest absolute Gasteiger partial charge is 0.336 e. The summed E-state index contributed by atoms with van der Waals surface area (Å²) in [5.41, 5.74) is 5.83. The van der Waals surface area contributed by atoms with Crippen LogP contribution in [0.15, 0.2) is 65.1 Å². The first kappa shape index (κ1) is 18.9. The first-order chi connectivity index (χ1) is 14.5. The van der Waals surface area contributed by atoms with Crippen molar-refractivity contribution < 1.29 is 14.3 Å². The maximum atomic E-state index is 14.3. The highest BCUT2D eigenvalue weighted by atomic mass is 79.9. The summed E-state index contributed by atoms with van der Waals surface area (Å²) in [5, 5.41) is 10.6. The lowest BCUT2D eigenvalue weighted by molar-refractivity contribution is 0.0698. The summed E-state index contributed by atoms with van der Waals surface area (Å²) in [6, 6.07) is 18.1. The average Bonchev–Trinajstić information content (AvgIpc) is 2.90. The summed E-state index contributed by atoms with van der Waals surface area (Å²) < 4.78 is 15.1. The largest absolute Gasteiger partial charge is 0.478 e. The Morgan fingerprint density at radius 2 is 1.83 bits per heavy atom. The van der Waals surface area contributed by atoms with Gasteiger partial charge >= 0.3 is 5.97 Å². The second-order valence-corrected chi connectivity index (χ2v) is 8.40. The number of aromatic carboxylic acids is 1. The van der Waals surface area contributed by atoms with E-state index in [0.29, 0.717) is 28.5 Å². The molecule has 0 atom stereocenters. The molecular formula is C25H17BrFNO2. The number of pyridine rings is 1. The molecule has 1 aliphatic carbocycles. The molecule has 1 N–H and O–H groups in total. The van der Waals surface area contributed by atoms with Gasteiger partial charge in [0.15, 0.2) is 0 Å². The Morgan fingerprint density at radius 1 is 1.00 bits per heavy atom. The van der Waals surface area contributed by atoms with Gasteiger partial charge in [-0.25, -0.2) is 14.2 Å². The molecule has 30 heavy (non-hydrogen) atoms. The van der Waals surface area contributed by atoms with Gasteiger partial charge in [0.05, 0.1) is 16.8 Å². The van der Waals surface area contributed by atoms with E-state index in [4.69, 9.17) is 4.98 Å². The normalized spacial score (nSPS) is 12.9. The number of carboxylic acids is 1. The molecule has 1 heterocycles. The van der Waals surface area contributed by atoms with Gasteiger partial charge in [-0.3, -0.25) is 0 Å². The molecule has 5 rings (SSSR count). The van der Waals surface area contributed by atoms with Crippen LogP contribution < -0.4 is 0 Å². The molecule has 0 saturated heterocycles. The number of fused-ring (bicyclic) bond motifs is 4. The van der Waals surface area contributed by atoms with Crippen LogP contribution in [0, 0.1) is 5.82 Å². The number of benzene rings is 3. The molecule has 0 fully saturated rings. The summed E-state index contributed by atoms with van der Waals surface area (Å²) in [5.74, 6) is -1.20. The highest BCUT2D eigenvalue weighted by Gasteiger charge is 2.25. The second-order valence-electron chi connectivity index (χ2n) is 7.49. The maximum Gasteiger partial charge on any atom is 0.336 e. The number of aromatic nitrogens is 1. The number of halogens is 2. The molecule has 0 saturated carbocycles. The van der Waals surface area contributed by atoms with E-state index in [1.807, 2.05) is 42.5 Å². The standard InChI is InChI=1S/C25H17BrFNO2/c26-16-9-11-22-20(13-16)23(25(29)30)19-6-3-4-14-12-15(8-10-18(14)24(19)28-22)17-5-1-2-7-21(17)27/h1-2,5,7-13H,3-4,6H2,(H,29,30). The van der Waals surface area contributed by atoms with E-state index in [9.17, 15) is 14.3 Å². The third-order valence-corrected chi connectivity index (χ3v) is 6.17. The molecule has 0 bridgehead atoms. The molecule has 1 aliphatic rings. The summed E-state index contributed by atoms with van der Waals surface area (Å²) in [7, 11) is 0. The van der Waals surface area contributed by atoms with Crippen molar-refractivity contribution >= 4 is 32.8 Å². The van der Waals surface area contributed by atoms with Gasteiger partial charge in [0.2, 0.25) is 0 Å². The van der Waals surface area contributed by atoms with Crippen molar-refractivity contribution in [2.24, 2.45) is 0 Å². The van der Waals surface area contributed by atoms with Crippen LogP contribution in [-0.4, -0.2) is 16.1 Å². The highest BCUT2D eigenvalue weighted by Crippen LogP contribution is 2.38. The first-order valence-corrected chi connectivity index (χ1v) is 10.6. The van der Waals surface area contributed by atoms with E-state index in [-0.39, 0.29) is 5.82 Å². The lowest BCUT2D eigenvalue weighted by atomic mass is 9.93. The number of hydrogen-bond acceptors (Lipinski definition) is 2. The maximum absolute atomic E-state index is 14.3. The number of carboxylic acid groups (broad SMARTS) is 1. The second kappa shape index (κ2) is 7.33. The van der Waals surface area contributed by atoms with Crippen LogP contribution in [-0.2, 0) is 12.8 Å². The zero-order chi connectivity index (χ0) is 20.8. The minimum absolute atomic E-state index is 0.255. The fourth-order valence-electron chi connectivity index (χ4n) is 4.34. The van der Waals surface area contributed by atoms with Gasteiger partial charge in [-0.2, -0.15) is 0 Å². The molecule has 0 aliphatic heterocycles. The summed E-state index contributed by atoms with van der Waals surface area (Å²) in [4.78, 5) is 17.1. The average molecular weight is 462 g/mol. The van der Waals surface area contributed by atoms with Crippen molar-refractivity contribution in [3.63, 3.8) is 0 Å². The Labute approximate surface area is 181 Å². The van der Waals surface area contributed by atoms with Crippen LogP contribution in [0.5, 0.6) is 0 Å². The number of aryl methyl sites for hydroxylation is 1. The molecule has 0 unspecified atom stereocenters. The molecule has 0 spiro atoms. The van der Waals surface area contributed by atoms with Crippen LogP contribution in [0.25, 0.3) is 33.3 Å². The molecule has 3 nitrogen and oxygen atoms in total. The van der Waals surface area contributed by atoms with E-state index >= 15 is 0 Å². The number of hydrogen-bond donors (Lipinski definition) is 1. The number of carbonyl (C=O) groups is 1. The lowest BCUT2D eigenvalue weighted by Crippen LogP contribution is -2.07. The quantitative estimate of drug-likeness (QED) is 0.363. The Bertz CT molecular complexity index is 1330. The molecular weight excluding hydrogens is 445 g/mol. The Balaban J connectivity index is 1.76. The van der Waals surface area contributed by atoms with Crippen molar-refractivity contribution in [3.05, 3.63) is 87.6 Å². The molecule has 3 aromatic carbocycles. The van der Waals surface area contributed by atoms with Crippen molar-refractivity contribution in [2.75, 3.05) is 0 Å². The van der Waals surface area contributed by atoms with Gasteiger partial charge in [-0.05, 0) is 60.2 Å². The third-order valence-electron chi connectivity index (χ3n) is 5.68. The van der Waals surface area contributed by atoms with Gasteiger partial charge in [-0.15, -0.1) is 0 Å². The molecule has 4 aromatic rings. The van der Waals surface area contributed by atoms with Crippen LogP contribution in [0.3, 0.4) is 0 Å². The molecule has 1 aromatic heterocycles. The molecule has 0 amide bonds. The van der Waals surface area contributed by atoms with Gasteiger partial charge < -0.3 is 5.11 Å². The zero-order valence-corrected chi connectivity index (χ0v) is 17.5. The monoisotopic (exact) mass is 461 g/mol. The zero-order valence-electron chi connectivity index (χ0n) is 16.0. The summed E-state index contributed by atoms with van der Waals surface area (Å²) in [6.45, 7) is 0. The van der Waals surface area contributed by atoms with Gasteiger partial charge in [-0.1, -0.05) is 52.3 Å². The van der Waals surface area contributed by atoms with Gasteiger partial charge in [0.25, 0.3) is 0 Å². The van der Waals surface area contributed by atoms with E-state index in [2.05, 4.69) is 15.9 Å². The van der Waals surface area contributed by atoms with Gasteiger partial charge in [0, 0.05) is 21.0 Å². The van der Waals surface area contributed by atoms with Crippen LogP contribution >= 0.6 is 15.9 Å². The van der Waals surface area contributed by atoms with E-state index in [1.54, 1.807) is 12.1 Å². The summed E-state index contributed by atoms with van der Waals surface area (Å²) in [6.07, 6.45) is 2.23. The molecule has 5 heteroatoms. The van der Waals surface area contributed by atoms with E-state index in [0.717, 1.165) is 45.3 Å². The Hall–Kier alpha value is -3.05. The minimum Gasteiger partial charge on any atom is -0.478 e. The number of nitrogens with zero attached hydrogens (tertiary/aromatic N) is 1. The van der Waals surface area contributed by atoms with Gasteiger partial charge in [0.1, 0.15) is 5.82 Å². The van der Waals surface area contributed by atoms with Crippen molar-refractivity contribution in [1.82, 2.24) is 4.98 Å². The lowest BCUT2D eigenvalue weighted by Gasteiger charge is -2.15. The van der Waals surface area contributed by atoms with Crippen molar-refractivity contribution in [1.29, 1.82) is 0 Å². The number of rotatable bonds is 2. The molecule has 148 valence electrons. The SMILES string of the molecule is O=C(O)c1c2c(nc3ccc(Br)cc13)-c1ccc(-c3ccccc3F)cc1CCC2. The Morgan fingerprint density at radius 3 is 2.63 bits per heavy atom. The fourth-order valence-corrected chi connectivity index (χ4v) is 4.70. The Kier molecular flexibility index (Phi) is 4.63. The third kappa shape index (κ3) is 3.10. The predicted molar refractivity (Wildman–Crippen MR) is 119 cm³/mol. The van der Waals surface area contributed by atoms with E-state index in [1.165, 1.54) is 6.07 Å². The summed E-state index contributed by atoms with van der Waals surface area (Å²) >= 11 is 3.44. The van der Waals surface area contributed by atoms with Crippen molar-refractivity contribution in [3.8, 4) is 22.4 Å².